The lowest BCUT2D eigenvalue weighted by Gasteiger charge is -2.20. The lowest BCUT2D eigenvalue weighted by molar-refractivity contribution is -0.117. The van der Waals surface area contributed by atoms with E-state index in [-0.39, 0.29) is 11.8 Å². The summed E-state index contributed by atoms with van der Waals surface area (Å²) in [6.45, 7) is 0.659. The second-order valence-electron chi connectivity index (χ2n) is 7.19. The molecule has 1 saturated heterocycles. The first-order valence-corrected chi connectivity index (χ1v) is 10.0. The number of hydrogen-bond donors (Lipinski definition) is 1. The Labute approximate surface area is 180 Å². The largest absolute Gasteiger partial charge is 0.494 e. The molecular formula is C25H21N3O3. The molecule has 3 aromatic carbocycles. The van der Waals surface area contributed by atoms with E-state index in [2.05, 4.69) is 11.4 Å². The van der Waals surface area contributed by atoms with Gasteiger partial charge in [-0.1, -0.05) is 36.4 Å². The summed E-state index contributed by atoms with van der Waals surface area (Å²) < 4.78 is 5.48. The van der Waals surface area contributed by atoms with Gasteiger partial charge in [0.15, 0.2) is 0 Å². The summed E-state index contributed by atoms with van der Waals surface area (Å²) in [7, 11) is 1.54. The van der Waals surface area contributed by atoms with Crippen LogP contribution in [-0.2, 0) is 4.79 Å². The van der Waals surface area contributed by atoms with E-state index in [0.717, 1.165) is 6.42 Å². The standard InChI is InChI=1S/C25H21N3O3/c1-31-23-15-18(12-13-22(23)28-14-6-11-24(28)29)27-25(30)21-10-5-4-9-20(21)19-8-3-2-7-17(19)16-26/h2-5,7-10,12-13,15H,6,11,14H2,1H3,(H,27,30). The maximum Gasteiger partial charge on any atom is 0.256 e. The van der Waals surface area contributed by atoms with Crippen molar-refractivity contribution in [3.05, 3.63) is 77.9 Å². The van der Waals surface area contributed by atoms with E-state index in [1.54, 1.807) is 54.5 Å². The number of methoxy groups -OCH3 is 1. The fourth-order valence-corrected chi connectivity index (χ4v) is 3.81. The van der Waals surface area contributed by atoms with Crippen LogP contribution in [0.5, 0.6) is 5.75 Å². The first kappa shape index (κ1) is 20.2. The molecule has 31 heavy (non-hydrogen) atoms. The van der Waals surface area contributed by atoms with Gasteiger partial charge in [-0.3, -0.25) is 9.59 Å². The molecule has 1 aliphatic heterocycles. The van der Waals surface area contributed by atoms with Gasteiger partial charge in [0, 0.05) is 35.8 Å². The highest BCUT2D eigenvalue weighted by atomic mass is 16.5. The van der Waals surface area contributed by atoms with Crippen molar-refractivity contribution < 1.29 is 14.3 Å². The number of benzene rings is 3. The van der Waals surface area contributed by atoms with Gasteiger partial charge in [0.05, 0.1) is 24.4 Å². The Morgan fingerprint density at radius 3 is 2.52 bits per heavy atom. The third-order valence-corrected chi connectivity index (χ3v) is 5.31. The van der Waals surface area contributed by atoms with Crippen molar-refractivity contribution >= 4 is 23.2 Å². The van der Waals surface area contributed by atoms with Gasteiger partial charge < -0.3 is 15.0 Å². The fraction of sp³-hybridized carbons (Fsp3) is 0.160. The van der Waals surface area contributed by atoms with Crippen molar-refractivity contribution in [2.45, 2.75) is 12.8 Å². The van der Waals surface area contributed by atoms with Crippen molar-refractivity contribution in [1.29, 1.82) is 5.26 Å². The predicted octanol–water partition coefficient (Wildman–Crippen LogP) is 4.61. The monoisotopic (exact) mass is 411 g/mol. The highest BCUT2D eigenvalue weighted by molar-refractivity contribution is 6.09. The lowest BCUT2D eigenvalue weighted by Crippen LogP contribution is -2.24. The van der Waals surface area contributed by atoms with Gasteiger partial charge in [0.1, 0.15) is 5.75 Å². The number of ether oxygens (including phenoxy) is 1. The van der Waals surface area contributed by atoms with E-state index in [4.69, 9.17) is 4.74 Å². The van der Waals surface area contributed by atoms with Crippen LogP contribution in [-0.4, -0.2) is 25.5 Å². The lowest BCUT2D eigenvalue weighted by atomic mass is 9.95. The SMILES string of the molecule is COc1cc(NC(=O)c2ccccc2-c2ccccc2C#N)ccc1N1CCCC1=O. The molecule has 0 radical (unpaired) electrons. The Kier molecular flexibility index (Phi) is 5.67. The molecule has 6 heteroatoms. The second-order valence-corrected chi connectivity index (χ2v) is 7.19. The van der Waals surface area contributed by atoms with E-state index in [1.807, 2.05) is 24.3 Å². The molecular weight excluding hydrogens is 390 g/mol. The predicted molar refractivity (Wildman–Crippen MR) is 119 cm³/mol. The Bertz CT molecular complexity index is 1200. The number of carbonyl (C=O) groups is 2. The summed E-state index contributed by atoms with van der Waals surface area (Å²) in [6.07, 6.45) is 1.35. The van der Waals surface area contributed by atoms with Gasteiger partial charge in [-0.25, -0.2) is 0 Å². The number of hydrogen-bond acceptors (Lipinski definition) is 4. The zero-order chi connectivity index (χ0) is 21.8. The van der Waals surface area contributed by atoms with Crippen molar-refractivity contribution in [2.75, 3.05) is 23.9 Å². The Hall–Kier alpha value is -4.11. The van der Waals surface area contributed by atoms with Crippen LogP contribution in [0.1, 0.15) is 28.8 Å². The maximum absolute atomic E-state index is 13.1. The third kappa shape index (κ3) is 3.99. The molecule has 154 valence electrons. The van der Waals surface area contributed by atoms with Crippen molar-refractivity contribution in [3.63, 3.8) is 0 Å². The van der Waals surface area contributed by atoms with Crippen LogP contribution >= 0.6 is 0 Å². The summed E-state index contributed by atoms with van der Waals surface area (Å²) in [5, 5.41) is 12.3. The van der Waals surface area contributed by atoms with Gasteiger partial charge in [0.2, 0.25) is 5.91 Å². The van der Waals surface area contributed by atoms with Crippen LogP contribution in [0.25, 0.3) is 11.1 Å². The first-order chi connectivity index (χ1) is 15.1. The minimum Gasteiger partial charge on any atom is -0.494 e. The van der Waals surface area contributed by atoms with Crippen LogP contribution in [0.2, 0.25) is 0 Å². The summed E-state index contributed by atoms with van der Waals surface area (Å²) in [4.78, 5) is 26.9. The Morgan fingerprint density at radius 2 is 1.81 bits per heavy atom. The molecule has 0 unspecified atom stereocenters. The molecule has 1 N–H and O–H groups in total. The van der Waals surface area contributed by atoms with Gasteiger partial charge in [0.25, 0.3) is 5.91 Å². The molecule has 0 saturated carbocycles. The van der Waals surface area contributed by atoms with E-state index in [0.29, 0.717) is 52.3 Å². The van der Waals surface area contributed by atoms with E-state index < -0.39 is 0 Å². The van der Waals surface area contributed by atoms with Crippen LogP contribution in [0.3, 0.4) is 0 Å². The molecule has 1 aliphatic rings. The average molecular weight is 411 g/mol. The normalized spacial score (nSPS) is 13.0. The summed E-state index contributed by atoms with van der Waals surface area (Å²) in [5.41, 5.74) is 3.61. The number of rotatable bonds is 5. The van der Waals surface area contributed by atoms with Crippen LogP contribution < -0.4 is 15.0 Å². The molecule has 4 rings (SSSR count). The number of amides is 2. The summed E-state index contributed by atoms with van der Waals surface area (Å²) >= 11 is 0. The Balaban J connectivity index is 1.64. The van der Waals surface area contributed by atoms with Gasteiger partial charge >= 0.3 is 0 Å². The van der Waals surface area contributed by atoms with E-state index in [1.165, 1.54) is 0 Å². The van der Waals surface area contributed by atoms with Crippen LogP contribution in [0.15, 0.2) is 66.7 Å². The minimum absolute atomic E-state index is 0.0696. The molecule has 2 amide bonds. The fourth-order valence-electron chi connectivity index (χ4n) is 3.81. The summed E-state index contributed by atoms with van der Waals surface area (Å²) in [5.74, 6) is 0.298. The van der Waals surface area contributed by atoms with E-state index >= 15 is 0 Å². The van der Waals surface area contributed by atoms with Gasteiger partial charge in [-0.15, -0.1) is 0 Å². The smallest absolute Gasteiger partial charge is 0.256 e. The van der Waals surface area contributed by atoms with Crippen molar-refractivity contribution in [3.8, 4) is 22.9 Å². The second kappa shape index (κ2) is 8.72. The van der Waals surface area contributed by atoms with E-state index in [9.17, 15) is 14.9 Å². The van der Waals surface area contributed by atoms with Gasteiger partial charge in [-0.2, -0.15) is 5.26 Å². The number of nitrogens with one attached hydrogen (secondary N) is 1. The average Bonchev–Trinajstić information content (AvgIpc) is 3.24. The van der Waals surface area contributed by atoms with Crippen molar-refractivity contribution in [2.24, 2.45) is 0 Å². The Morgan fingerprint density at radius 1 is 1.06 bits per heavy atom. The molecule has 0 atom stereocenters. The zero-order valence-electron chi connectivity index (χ0n) is 17.1. The number of anilines is 2. The quantitative estimate of drug-likeness (QED) is 0.664. The third-order valence-electron chi connectivity index (χ3n) is 5.31. The molecule has 3 aromatic rings. The maximum atomic E-state index is 13.1. The summed E-state index contributed by atoms with van der Waals surface area (Å²) in [6, 6.07) is 21.8. The highest BCUT2D eigenvalue weighted by Gasteiger charge is 2.25. The molecule has 1 heterocycles. The number of nitrogens with zero attached hydrogens (tertiary/aromatic N) is 2. The first-order valence-electron chi connectivity index (χ1n) is 10.0. The van der Waals surface area contributed by atoms with Gasteiger partial charge in [-0.05, 0) is 36.2 Å². The van der Waals surface area contributed by atoms with Crippen LogP contribution in [0, 0.1) is 11.3 Å². The molecule has 0 bridgehead atoms. The zero-order valence-corrected chi connectivity index (χ0v) is 17.1. The molecule has 6 nitrogen and oxygen atoms in total. The highest BCUT2D eigenvalue weighted by Crippen LogP contribution is 2.34. The number of carbonyl (C=O) groups excluding carboxylic acids is 2. The number of nitriles is 1. The minimum atomic E-state index is -0.296. The topological polar surface area (TPSA) is 82.4 Å². The molecule has 0 aliphatic carbocycles. The van der Waals surface area contributed by atoms with Crippen LogP contribution in [0.4, 0.5) is 11.4 Å². The van der Waals surface area contributed by atoms with Crippen molar-refractivity contribution in [1.82, 2.24) is 0 Å². The molecule has 0 aromatic heterocycles. The molecule has 1 fully saturated rings. The molecule has 0 spiro atoms.